The topological polar surface area (TPSA) is 25.9 Å². The predicted octanol–water partition coefficient (Wildman–Crippen LogP) is -2.63. The highest BCUT2D eigenvalue weighted by atomic mass is 79.9. The number of nitrogens with zero attached hydrogens (tertiary/aromatic N) is 2. The van der Waals surface area contributed by atoms with Gasteiger partial charge in [-0.15, -0.1) is 0 Å². The van der Waals surface area contributed by atoms with Crippen molar-refractivity contribution in [3.8, 4) is 0 Å². The van der Waals surface area contributed by atoms with Crippen molar-refractivity contribution in [3.63, 3.8) is 0 Å². The molecule has 0 N–H and O–H groups in total. The van der Waals surface area contributed by atoms with Gasteiger partial charge >= 0.3 is 5.91 Å². The second-order valence-electron chi connectivity index (χ2n) is 2.23. The minimum atomic E-state index is 0. The van der Waals surface area contributed by atoms with Crippen LogP contribution in [0.5, 0.6) is 0 Å². The van der Waals surface area contributed by atoms with Gasteiger partial charge in [-0.05, 0) is 0 Å². The quantitative estimate of drug-likeness (QED) is 0.474. The smallest absolute Gasteiger partial charge is 0.313 e. The summed E-state index contributed by atoms with van der Waals surface area (Å²) < 4.78 is 3.42. The lowest BCUT2D eigenvalue weighted by Crippen LogP contribution is -3.00. The molecule has 0 bridgehead atoms. The SMILES string of the molecule is CCC(=O)n1cc[n+](C)c1.[Br-]. The van der Waals surface area contributed by atoms with Crippen LogP contribution in [0, 0.1) is 0 Å². The van der Waals surface area contributed by atoms with Gasteiger partial charge in [0.2, 0.25) is 0 Å². The van der Waals surface area contributed by atoms with Crippen LogP contribution in [0.15, 0.2) is 18.7 Å². The molecule has 4 heteroatoms. The zero-order chi connectivity index (χ0) is 7.56. The first-order valence-corrected chi connectivity index (χ1v) is 3.30. The van der Waals surface area contributed by atoms with Crippen molar-refractivity contribution < 1.29 is 26.3 Å². The maximum absolute atomic E-state index is 11.0. The van der Waals surface area contributed by atoms with Crippen LogP contribution < -0.4 is 21.5 Å². The largest absolute Gasteiger partial charge is 1.00 e. The van der Waals surface area contributed by atoms with Crippen LogP contribution in [0.1, 0.15) is 18.1 Å². The summed E-state index contributed by atoms with van der Waals surface area (Å²) in [5.41, 5.74) is 0. The van der Waals surface area contributed by atoms with Crippen molar-refractivity contribution in [1.29, 1.82) is 0 Å². The molecule has 0 spiro atoms. The summed E-state index contributed by atoms with van der Waals surface area (Å²) in [7, 11) is 1.89. The van der Waals surface area contributed by atoms with Crippen molar-refractivity contribution in [2.75, 3.05) is 0 Å². The number of hydrogen-bond acceptors (Lipinski definition) is 1. The average molecular weight is 219 g/mol. The predicted molar refractivity (Wildman–Crippen MR) is 36.5 cm³/mol. The third-order valence-electron chi connectivity index (χ3n) is 1.36. The Morgan fingerprint density at radius 1 is 1.64 bits per heavy atom. The van der Waals surface area contributed by atoms with E-state index in [2.05, 4.69) is 0 Å². The van der Waals surface area contributed by atoms with E-state index in [1.807, 2.05) is 24.7 Å². The van der Waals surface area contributed by atoms with Gasteiger partial charge in [-0.2, -0.15) is 4.57 Å². The Labute approximate surface area is 76.4 Å². The number of hydrogen-bond donors (Lipinski definition) is 0. The number of aryl methyl sites for hydroxylation is 1. The Balaban J connectivity index is 0.000001000. The zero-order valence-electron chi connectivity index (χ0n) is 6.62. The molecule has 1 aromatic rings. The van der Waals surface area contributed by atoms with Gasteiger partial charge in [-0.25, -0.2) is 9.36 Å². The van der Waals surface area contributed by atoms with E-state index in [1.165, 1.54) is 0 Å². The summed E-state index contributed by atoms with van der Waals surface area (Å²) in [6.45, 7) is 1.85. The molecule has 0 saturated carbocycles. The van der Waals surface area contributed by atoms with Crippen LogP contribution in [0.2, 0.25) is 0 Å². The standard InChI is InChI=1S/C7H11N2O.BrH/c1-3-7(10)9-5-4-8(2)6-9;/h4-6H,3H2,1-2H3;1H/q+1;/p-1. The summed E-state index contributed by atoms with van der Waals surface area (Å²) in [5, 5.41) is 0. The van der Waals surface area contributed by atoms with E-state index in [4.69, 9.17) is 0 Å². The van der Waals surface area contributed by atoms with E-state index < -0.39 is 0 Å². The summed E-state index contributed by atoms with van der Waals surface area (Å²) in [4.78, 5) is 11.0. The van der Waals surface area contributed by atoms with Gasteiger partial charge < -0.3 is 17.0 Å². The minimum Gasteiger partial charge on any atom is -1.00 e. The fourth-order valence-corrected chi connectivity index (χ4v) is 0.780. The van der Waals surface area contributed by atoms with Gasteiger partial charge in [0, 0.05) is 6.42 Å². The Hall–Kier alpha value is -0.640. The van der Waals surface area contributed by atoms with E-state index in [9.17, 15) is 4.79 Å². The minimum absolute atomic E-state index is 0. The van der Waals surface area contributed by atoms with Gasteiger partial charge in [0.15, 0.2) is 0 Å². The molecule has 0 aliphatic rings. The molecule has 0 fully saturated rings. The Bertz CT molecular complexity index is 244. The molecule has 1 heterocycles. The second kappa shape index (κ2) is 4.28. The Morgan fingerprint density at radius 3 is 2.64 bits per heavy atom. The molecule has 1 aromatic heterocycles. The Kier molecular flexibility index (Phi) is 4.03. The highest BCUT2D eigenvalue weighted by Gasteiger charge is 2.06. The average Bonchev–Trinajstić information content (AvgIpc) is 2.34. The summed E-state index contributed by atoms with van der Waals surface area (Å²) in [5.74, 6) is 0.126. The summed E-state index contributed by atoms with van der Waals surface area (Å²) >= 11 is 0. The van der Waals surface area contributed by atoms with Gasteiger partial charge in [0.25, 0.3) is 6.33 Å². The molecule has 0 radical (unpaired) electrons. The van der Waals surface area contributed by atoms with Gasteiger partial charge in [-0.3, -0.25) is 0 Å². The van der Waals surface area contributed by atoms with Gasteiger partial charge in [0.1, 0.15) is 12.4 Å². The first-order chi connectivity index (χ1) is 4.74. The van der Waals surface area contributed by atoms with Crippen LogP contribution in [-0.2, 0) is 7.05 Å². The van der Waals surface area contributed by atoms with Crippen LogP contribution in [-0.4, -0.2) is 10.5 Å². The van der Waals surface area contributed by atoms with Crippen LogP contribution in [0.4, 0.5) is 0 Å². The number of halogens is 1. The lowest BCUT2D eigenvalue weighted by molar-refractivity contribution is -0.670. The van der Waals surface area contributed by atoms with Gasteiger partial charge in [0.05, 0.1) is 7.05 Å². The Morgan fingerprint density at radius 2 is 2.27 bits per heavy atom. The van der Waals surface area contributed by atoms with Crippen LogP contribution in [0.3, 0.4) is 0 Å². The fourth-order valence-electron chi connectivity index (χ4n) is 0.780. The second-order valence-corrected chi connectivity index (χ2v) is 2.23. The molecule has 0 aliphatic heterocycles. The molecule has 0 amide bonds. The third-order valence-corrected chi connectivity index (χ3v) is 1.36. The van der Waals surface area contributed by atoms with Crippen molar-refractivity contribution in [3.05, 3.63) is 18.7 Å². The van der Waals surface area contributed by atoms with Crippen molar-refractivity contribution >= 4 is 5.91 Å². The first-order valence-electron chi connectivity index (χ1n) is 3.30. The van der Waals surface area contributed by atoms with E-state index in [-0.39, 0.29) is 22.9 Å². The fraction of sp³-hybridized carbons (Fsp3) is 0.429. The normalized spacial score (nSPS) is 8.91. The van der Waals surface area contributed by atoms with E-state index in [0.29, 0.717) is 6.42 Å². The molecule has 62 valence electrons. The van der Waals surface area contributed by atoms with Crippen molar-refractivity contribution in [2.24, 2.45) is 7.05 Å². The number of aromatic nitrogens is 2. The van der Waals surface area contributed by atoms with E-state index >= 15 is 0 Å². The molecular formula is C7H11BrN2O. The highest BCUT2D eigenvalue weighted by Crippen LogP contribution is 1.87. The number of rotatable bonds is 1. The van der Waals surface area contributed by atoms with Gasteiger partial charge in [-0.1, -0.05) is 6.92 Å². The molecule has 0 aromatic carbocycles. The number of carbonyl (C=O) groups is 1. The van der Waals surface area contributed by atoms with Crippen molar-refractivity contribution in [1.82, 2.24) is 4.57 Å². The molecule has 0 aliphatic carbocycles. The first kappa shape index (κ1) is 10.4. The third kappa shape index (κ3) is 2.46. The maximum atomic E-state index is 11.0. The molecule has 3 nitrogen and oxygen atoms in total. The lowest BCUT2D eigenvalue weighted by Gasteiger charge is -1.85. The number of imidazole rings is 1. The molecular weight excluding hydrogens is 208 g/mol. The van der Waals surface area contributed by atoms with Crippen molar-refractivity contribution in [2.45, 2.75) is 13.3 Å². The molecule has 0 unspecified atom stereocenters. The summed E-state index contributed by atoms with van der Waals surface area (Å²) in [6, 6.07) is 0. The lowest BCUT2D eigenvalue weighted by atomic mass is 10.4. The van der Waals surface area contributed by atoms with E-state index in [1.54, 1.807) is 17.1 Å². The van der Waals surface area contributed by atoms with E-state index in [0.717, 1.165) is 0 Å². The highest BCUT2D eigenvalue weighted by molar-refractivity contribution is 5.77. The number of carbonyl (C=O) groups excluding carboxylic acids is 1. The zero-order valence-corrected chi connectivity index (χ0v) is 8.21. The molecule has 11 heavy (non-hydrogen) atoms. The maximum Gasteiger partial charge on any atom is 0.313 e. The molecule has 1 rings (SSSR count). The summed E-state index contributed by atoms with van der Waals surface area (Å²) in [6.07, 6.45) is 5.90. The monoisotopic (exact) mass is 218 g/mol. The molecule has 0 saturated heterocycles. The van der Waals surface area contributed by atoms with Crippen LogP contribution >= 0.6 is 0 Å². The molecule has 0 atom stereocenters. The van der Waals surface area contributed by atoms with Crippen LogP contribution in [0.25, 0.3) is 0 Å².